The Morgan fingerprint density at radius 3 is 2.60 bits per heavy atom. The first-order chi connectivity index (χ1) is 4.70. The Kier molecular flexibility index (Phi) is 4.76. The fraction of sp³-hybridized carbons (Fsp3) is 0.714. The van der Waals surface area contributed by atoms with Gasteiger partial charge in [-0.1, -0.05) is 0 Å². The molecule has 0 aliphatic rings. The molecule has 0 heterocycles. The molecular weight excluding hydrogens is 128 g/mol. The minimum Gasteiger partial charge on any atom is -0.388 e. The van der Waals surface area contributed by atoms with Gasteiger partial charge in [0, 0.05) is 25.0 Å². The van der Waals surface area contributed by atoms with Gasteiger partial charge in [0.2, 0.25) is 0 Å². The van der Waals surface area contributed by atoms with Crippen molar-refractivity contribution in [1.29, 1.82) is 0 Å². The van der Waals surface area contributed by atoms with Gasteiger partial charge < -0.3 is 5.32 Å². The number of rotatable bonds is 4. The summed E-state index contributed by atoms with van der Waals surface area (Å²) in [7, 11) is 0. The molecule has 0 saturated heterocycles. The summed E-state index contributed by atoms with van der Waals surface area (Å²) in [6, 6.07) is 0. The second-order valence-corrected chi connectivity index (χ2v) is 2.10. The summed E-state index contributed by atoms with van der Waals surface area (Å²) in [6.45, 7) is 7.33. The topological polar surface area (TPSA) is 35.5 Å². The second-order valence-electron chi connectivity index (χ2n) is 2.10. The molecule has 0 amide bonds. The van der Waals surface area contributed by atoms with Crippen LogP contribution in [-0.2, 0) is 0 Å². The van der Waals surface area contributed by atoms with Gasteiger partial charge in [-0.2, -0.15) is 0 Å². The van der Waals surface area contributed by atoms with E-state index < -0.39 is 0 Å². The van der Waals surface area contributed by atoms with Crippen LogP contribution in [0.2, 0.25) is 0 Å². The van der Waals surface area contributed by atoms with Crippen molar-refractivity contribution < 1.29 is 5.21 Å². The number of nitrogens with one attached hydrogen (secondary N) is 1. The van der Waals surface area contributed by atoms with Crippen molar-refractivity contribution in [1.82, 2.24) is 10.4 Å². The van der Waals surface area contributed by atoms with Gasteiger partial charge in [0.1, 0.15) is 0 Å². The third-order valence-corrected chi connectivity index (χ3v) is 1.12. The highest BCUT2D eigenvalue weighted by molar-refractivity contribution is 4.92. The van der Waals surface area contributed by atoms with E-state index in [2.05, 4.69) is 5.32 Å². The van der Waals surface area contributed by atoms with Crippen molar-refractivity contribution in [3.63, 3.8) is 0 Å². The maximum atomic E-state index is 8.97. The van der Waals surface area contributed by atoms with Crippen molar-refractivity contribution in [2.75, 3.05) is 13.1 Å². The number of hydroxylamine groups is 2. The molecule has 3 heteroatoms. The Balaban J connectivity index is 3.65. The summed E-state index contributed by atoms with van der Waals surface area (Å²) in [5.74, 6) is 0. The monoisotopic (exact) mass is 144 g/mol. The van der Waals surface area contributed by atoms with E-state index in [0.717, 1.165) is 17.3 Å². The van der Waals surface area contributed by atoms with Crippen LogP contribution in [0.25, 0.3) is 0 Å². The van der Waals surface area contributed by atoms with E-state index in [0.29, 0.717) is 6.54 Å². The summed E-state index contributed by atoms with van der Waals surface area (Å²) in [6.07, 6.45) is 1.67. The molecule has 0 atom stereocenters. The van der Waals surface area contributed by atoms with Gasteiger partial charge in [-0.15, -0.1) is 0 Å². The van der Waals surface area contributed by atoms with E-state index in [1.807, 2.05) is 20.8 Å². The number of nitrogens with zero attached hydrogens (tertiary/aromatic N) is 1. The lowest BCUT2D eigenvalue weighted by molar-refractivity contribution is -0.0366. The summed E-state index contributed by atoms with van der Waals surface area (Å²) in [4.78, 5) is 0. The lowest BCUT2D eigenvalue weighted by Gasteiger charge is -2.10. The molecule has 0 aliphatic heterocycles. The highest BCUT2D eigenvalue weighted by Gasteiger charge is 1.88. The smallest absolute Gasteiger partial charge is 0.0459 e. The Labute approximate surface area is 62.3 Å². The second kappa shape index (κ2) is 5.11. The summed E-state index contributed by atoms with van der Waals surface area (Å²) in [5.41, 5.74) is 0.979. The molecule has 0 unspecified atom stereocenters. The molecule has 0 fully saturated rings. The number of hydrogen-bond acceptors (Lipinski definition) is 3. The predicted octanol–water partition coefficient (Wildman–Crippen LogP) is 1.17. The van der Waals surface area contributed by atoms with Gasteiger partial charge in [-0.3, -0.25) is 10.3 Å². The average molecular weight is 144 g/mol. The lowest BCUT2D eigenvalue weighted by atomic mass is 10.5. The Morgan fingerprint density at radius 1 is 1.60 bits per heavy atom. The molecule has 0 aromatic rings. The predicted molar refractivity (Wildman–Crippen MR) is 41.6 cm³/mol. The van der Waals surface area contributed by atoms with Gasteiger partial charge in [0.05, 0.1) is 0 Å². The van der Waals surface area contributed by atoms with Crippen LogP contribution in [0.15, 0.2) is 11.9 Å². The first kappa shape index (κ1) is 9.30. The number of allylic oxidation sites excluding steroid dienone is 1. The average Bonchev–Trinajstić information content (AvgIpc) is 1.88. The van der Waals surface area contributed by atoms with Crippen LogP contribution in [0.3, 0.4) is 0 Å². The summed E-state index contributed by atoms with van der Waals surface area (Å²) in [5, 5.41) is 13.2. The van der Waals surface area contributed by atoms with Crippen LogP contribution in [0.1, 0.15) is 20.8 Å². The van der Waals surface area contributed by atoms with E-state index in [1.165, 1.54) is 0 Å². The molecule has 10 heavy (non-hydrogen) atoms. The van der Waals surface area contributed by atoms with Crippen molar-refractivity contribution in [3.8, 4) is 0 Å². The molecule has 0 aromatic heterocycles. The van der Waals surface area contributed by atoms with Crippen molar-refractivity contribution in [2.24, 2.45) is 0 Å². The van der Waals surface area contributed by atoms with Crippen LogP contribution in [0.4, 0.5) is 0 Å². The fourth-order valence-electron chi connectivity index (χ4n) is 0.639. The largest absolute Gasteiger partial charge is 0.388 e. The number of hydrogen-bond donors (Lipinski definition) is 2. The molecule has 0 saturated carbocycles. The van der Waals surface area contributed by atoms with Crippen LogP contribution in [-0.4, -0.2) is 23.4 Å². The zero-order chi connectivity index (χ0) is 7.98. The van der Waals surface area contributed by atoms with Gasteiger partial charge in [0.15, 0.2) is 0 Å². The zero-order valence-electron chi connectivity index (χ0n) is 6.89. The Hall–Kier alpha value is -0.700. The van der Waals surface area contributed by atoms with Crippen molar-refractivity contribution >= 4 is 0 Å². The third kappa shape index (κ3) is 4.21. The normalized spacial score (nSPS) is 11.4. The lowest BCUT2D eigenvalue weighted by Crippen LogP contribution is -2.16. The standard InChI is InChI=1S/C7H16N2O/c1-4-8-7(3)6-9(10)5-2/h6,8,10H,4-5H2,1-3H3/b7-6-. The quantitative estimate of drug-likeness (QED) is 0.581. The van der Waals surface area contributed by atoms with E-state index in [-0.39, 0.29) is 0 Å². The minimum atomic E-state index is 0.614. The van der Waals surface area contributed by atoms with Crippen LogP contribution in [0, 0.1) is 0 Å². The molecule has 0 bridgehead atoms. The first-order valence-electron chi connectivity index (χ1n) is 3.58. The summed E-state index contributed by atoms with van der Waals surface area (Å²) >= 11 is 0. The Morgan fingerprint density at radius 2 is 2.20 bits per heavy atom. The maximum Gasteiger partial charge on any atom is 0.0459 e. The van der Waals surface area contributed by atoms with Crippen molar-refractivity contribution in [3.05, 3.63) is 11.9 Å². The van der Waals surface area contributed by atoms with E-state index >= 15 is 0 Å². The highest BCUT2D eigenvalue weighted by atomic mass is 16.5. The highest BCUT2D eigenvalue weighted by Crippen LogP contribution is 1.89. The zero-order valence-corrected chi connectivity index (χ0v) is 6.89. The van der Waals surface area contributed by atoms with E-state index in [9.17, 15) is 0 Å². The molecule has 3 nitrogen and oxygen atoms in total. The van der Waals surface area contributed by atoms with Crippen molar-refractivity contribution in [2.45, 2.75) is 20.8 Å². The van der Waals surface area contributed by atoms with Crippen LogP contribution in [0.5, 0.6) is 0 Å². The molecule has 60 valence electrons. The molecule has 0 spiro atoms. The summed E-state index contributed by atoms with van der Waals surface area (Å²) < 4.78 is 0. The molecule has 0 radical (unpaired) electrons. The van der Waals surface area contributed by atoms with Gasteiger partial charge in [-0.05, 0) is 20.8 Å². The van der Waals surface area contributed by atoms with E-state index in [4.69, 9.17) is 5.21 Å². The van der Waals surface area contributed by atoms with Gasteiger partial charge in [0.25, 0.3) is 0 Å². The minimum absolute atomic E-state index is 0.614. The Bertz CT molecular complexity index is 112. The van der Waals surface area contributed by atoms with Crippen LogP contribution >= 0.6 is 0 Å². The third-order valence-electron chi connectivity index (χ3n) is 1.12. The fourth-order valence-corrected chi connectivity index (χ4v) is 0.639. The first-order valence-corrected chi connectivity index (χ1v) is 3.58. The maximum absolute atomic E-state index is 8.97. The molecular formula is C7H16N2O. The molecule has 0 aliphatic carbocycles. The van der Waals surface area contributed by atoms with Gasteiger partial charge in [-0.25, -0.2) is 0 Å². The van der Waals surface area contributed by atoms with Gasteiger partial charge >= 0.3 is 0 Å². The molecule has 2 N–H and O–H groups in total. The molecule has 0 aromatic carbocycles. The van der Waals surface area contributed by atoms with Crippen LogP contribution < -0.4 is 5.32 Å². The molecule has 0 rings (SSSR count). The van der Waals surface area contributed by atoms with E-state index in [1.54, 1.807) is 6.20 Å². The SMILES string of the molecule is CCN/C(C)=C\N(O)CC.